The molecule has 110 valence electrons. The molecule has 0 N–H and O–H groups in total. The van der Waals surface area contributed by atoms with Crippen molar-refractivity contribution in [1.82, 2.24) is 0 Å². The minimum absolute atomic E-state index is 0.257. The molecule has 1 unspecified atom stereocenters. The predicted molar refractivity (Wildman–Crippen MR) is 74.5 cm³/mol. The lowest BCUT2D eigenvalue weighted by Crippen LogP contribution is -2.12. The molecule has 0 aromatic heterocycles. The van der Waals surface area contributed by atoms with Crippen molar-refractivity contribution in [2.75, 3.05) is 21.3 Å². The van der Waals surface area contributed by atoms with Gasteiger partial charge in [-0.3, -0.25) is 4.79 Å². The Morgan fingerprint density at radius 3 is 2.20 bits per heavy atom. The SMILES string of the molecule is COC(=O)C(C)C/C=N/Oc1cc(OC)cc(OC)c1. The van der Waals surface area contributed by atoms with Crippen LogP contribution in [-0.2, 0) is 9.53 Å². The monoisotopic (exact) mass is 281 g/mol. The quantitative estimate of drug-likeness (QED) is 0.436. The summed E-state index contributed by atoms with van der Waals surface area (Å²) in [5.74, 6) is 1.17. The van der Waals surface area contributed by atoms with Crippen LogP contribution in [0.3, 0.4) is 0 Å². The standard InChI is InChI=1S/C14H19NO5/c1-10(14(16)19-4)5-6-15-20-13-8-11(17-2)7-12(9-13)18-3/h6-10H,5H2,1-4H3/b15-6+. The zero-order valence-corrected chi connectivity index (χ0v) is 12.1. The molecule has 1 aromatic rings. The van der Waals surface area contributed by atoms with Gasteiger partial charge in [0.25, 0.3) is 0 Å². The van der Waals surface area contributed by atoms with E-state index in [2.05, 4.69) is 9.89 Å². The molecule has 0 fully saturated rings. The first-order valence-electron chi connectivity index (χ1n) is 6.10. The van der Waals surface area contributed by atoms with Crippen molar-refractivity contribution in [2.24, 2.45) is 11.1 Å². The first kappa shape index (κ1) is 15.8. The third-order valence-electron chi connectivity index (χ3n) is 2.62. The normalized spacial score (nSPS) is 12.0. The van der Waals surface area contributed by atoms with Crippen LogP contribution in [-0.4, -0.2) is 33.5 Å². The summed E-state index contributed by atoms with van der Waals surface area (Å²) in [4.78, 5) is 16.4. The van der Waals surface area contributed by atoms with Gasteiger partial charge in [0, 0.05) is 24.4 Å². The van der Waals surface area contributed by atoms with Gasteiger partial charge in [-0.1, -0.05) is 12.1 Å². The van der Waals surface area contributed by atoms with Gasteiger partial charge < -0.3 is 19.0 Å². The number of carbonyl (C=O) groups excluding carboxylic acids is 1. The van der Waals surface area contributed by atoms with Crippen molar-refractivity contribution >= 4 is 12.2 Å². The molecule has 6 nitrogen and oxygen atoms in total. The summed E-state index contributed by atoms with van der Waals surface area (Å²) in [6.07, 6.45) is 1.96. The third-order valence-corrected chi connectivity index (χ3v) is 2.62. The Morgan fingerprint density at radius 2 is 1.70 bits per heavy atom. The van der Waals surface area contributed by atoms with Gasteiger partial charge in [0.1, 0.15) is 11.5 Å². The fourth-order valence-electron chi connectivity index (χ4n) is 1.43. The average molecular weight is 281 g/mol. The summed E-state index contributed by atoms with van der Waals surface area (Å²) in [5.41, 5.74) is 0. The molecule has 6 heteroatoms. The molecule has 0 heterocycles. The van der Waals surface area contributed by atoms with Crippen molar-refractivity contribution in [3.05, 3.63) is 18.2 Å². The molecule has 1 rings (SSSR count). The van der Waals surface area contributed by atoms with Gasteiger partial charge >= 0.3 is 5.97 Å². The maximum atomic E-state index is 11.2. The van der Waals surface area contributed by atoms with Gasteiger partial charge in [0.2, 0.25) is 0 Å². The molecule has 0 saturated heterocycles. The maximum absolute atomic E-state index is 11.2. The Bertz CT molecular complexity index is 450. The van der Waals surface area contributed by atoms with Gasteiger partial charge in [-0.25, -0.2) is 0 Å². The van der Waals surface area contributed by atoms with Crippen LogP contribution in [0.1, 0.15) is 13.3 Å². The van der Waals surface area contributed by atoms with Gasteiger partial charge in [0.15, 0.2) is 5.75 Å². The number of benzene rings is 1. The van der Waals surface area contributed by atoms with Crippen molar-refractivity contribution < 1.29 is 23.8 Å². The number of methoxy groups -OCH3 is 3. The van der Waals surface area contributed by atoms with E-state index in [1.54, 1.807) is 39.3 Å². The molecule has 1 atom stereocenters. The Kier molecular flexibility index (Phi) is 6.36. The highest BCUT2D eigenvalue weighted by molar-refractivity contribution is 5.75. The number of rotatable bonds is 7. The second-order valence-electron chi connectivity index (χ2n) is 4.09. The molecule has 0 aliphatic rings. The zero-order chi connectivity index (χ0) is 15.0. The highest BCUT2D eigenvalue weighted by Gasteiger charge is 2.11. The van der Waals surface area contributed by atoms with E-state index in [4.69, 9.17) is 14.3 Å². The fraction of sp³-hybridized carbons (Fsp3) is 0.429. The molecule has 0 saturated carbocycles. The number of esters is 1. The highest BCUT2D eigenvalue weighted by Crippen LogP contribution is 2.27. The molecule has 1 aromatic carbocycles. The molecule has 0 radical (unpaired) electrons. The molecule has 0 aliphatic carbocycles. The van der Waals surface area contributed by atoms with Gasteiger partial charge in [-0.2, -0.15) is 0 Å². The van der Waals surface area contributed by atoms with Crippen molar-refractivity contribution in [3.63, 3.8) is 0 Å². The van der Waals surface area contributed by atoms with E-state index in [0.29, 0.717) is 23.7 Å². The molecule has 0 amide bonds. The van der Waals surface area contributed by atoms with E-state index in [9.17, 15) is 4.79 Å². The topological polar surface area (TPSA) is 66.4 Å². The maximum Gasteiger partial charge on any atom is 0.308 e. The molecule has 0 spiro atoms. The summed E-state index contributed by atoms with van der Waals surface area (Å²) in [6, 6.07) is 5.10. The number of hydrogen-bond acceptors (Lipinski definition) is 6. The molecule has 0 aliphatic heterocycles. The lowest BCUT2D eigenvalue weighted by Gasteiger charge is -2.07. The summed E-state index contributed by atoms with van der Waals surface area (Å²) < 4.78 is 14.8. The minimum Gasteiger partial charge on any atom is -0.496 e. The largest absolute Gasteiger partial charge is 0.496 e. The molecular weight excluding hydrogens is 262 g/mol. The van der Waals surface area contributed by atoms with Crippen LogP contribution in [0, 0.1) is 5.92 Å². The van der Waals surface area contributed by atoms with Crippen LogP contribution in [0.25, 0.3) is 0 Å². The van der Waals surface area contributed by atoms with E-state index in [0.717, 1.165) is 0 Å². The van der Waals surface area contributed by atoms with Crippen LogP contribution in [0.4, 0.5) is 0 Å². The third kappa shape index (κ3) is 4.79. The number of ether oxygens (including phenoxy) is 3. The van der Waals surface area contributed by atoms with Gasteiger partial charge in [-0.05, 0) is 6.42 Å². The number of carbonyl (C=O) groups is 1. The second kappa shape index (κ2) is 8.04. The Balaban J connectivity index is 2.58. The van der Waals surface area contributed by atoms with Gasteiger partial charge in [0.05, 0.1) is 27.2 Å². The van der Waals surface area contributed by atoms with E-state index < -0.39 is 0 Å². The summed E-state index contributed by atoms with van der Waals surface area (Å²) in [7, 11) is 4.47. The predicted octanol–water partition coefficient (Wildman–Crippen LogP) is 2.27. The number of oxime groups is 1. The number of hydrogen-bond donors (Lipinski definition) is 0. The molecule has 20 heavy (non-hydrogen) atoms. The lowest BCUT2D eigenvalue weighted by molar-refractivity contribution is -0.144. The van der Waals surface area contributed by atoms with Crippen LogP contribution in [0.2, 0.25) is 0 Å². The first-order valence-corrected chi connectivity index (χ1v) is 6.10. The average Bonchev–Trinajstić information content (AvgIpc) is 2.49. The van der Waals surface area contributed by atoms with Gasteiger partial charge in [-0.15, -0.1) is 0 Å². The second-order valence-corrected chi connectivity index (χ2v) is 4.09. The van der Waals surface area contributed by atoms with Crippen molar-refractivity contribution in [1.29, 1.82) is 0 Å². The van der Waals surface area contributed by atoms with Crippen LogP contribution in [0.15, 0.2) is 23.4 Å². The summed E-state index contributed by atoms with van der Waals surface area (Å²) >= 11 is 0. The molecule has 0 bridgehead atoms. The molecular formula is C14H19NO5. The van der Waals surface area contributed by atoms with E-state index in [1.165, 1.54) is 13.3 Å². The zero-order valence-electron chi connectivity index (χ0n) is 12.1. The summed E-state index contributed by atoms with van der Waals surface area (Å²) in [5, 5.41) is 3.81. The summed E-state index contributed by atoms with van der Waals surface area (Å²) in [6.45, 7) is 1.76. The van der Waals surface area contributed by atoms with Crippen molar-refractivity contribution in [3.8, 4) is 17.2 Å². The van der Waals surface area contributed by atoms with Crippen LogP contribution < -0.4 is 14.3 Å². The highest BCUT2D eigenvalue weighted by atomic mass is 16.6. The Hall–Kier alpha value is -2.24. The van der Waals surface area contributed by atoms with E-state index >= 15 is 0 Å². The fourth-order valence-corrected chi connectivity index (χ4v) is 1.43. The smallest absolute Gasteiger partial charge is 0.308 e. The number of nitrogens with zero attached hydrogens (tertiary/aromatic N) is 1. The Labute approximate surface area is 118 Å². The van der Waals surface area contributed by atoms with E-state index in [1.807, 2.05) is 0 Å². The van der Waals surface area contributed by atoms with Crippen LogP contribution >= 0.6 is 0 Å². The first-order chi connectivity index (χ1) is 9.60. The lowest BCUT2D eigenvalue weighted by atomic mass is 10.1. The van der Waals surface area contributed by atoms with E-state index in [-0.39, 0.29) is 11.9 Å². The van der Waals surface area contributed by atoms with Crippen LogP contribution in [0.5, 0.6) is 17.2 Å². The van der Waals surface area contributed by atoms with Crippen molar-refractivity contribution in [2.45, 2.75) is 13.3 Å². The Morgan fingerprint density at radius 1 is 1.15 bits per heavy atom. The minimum atomic E-state index is -0.278.